The topological polar surface area (TPSA) is 79.6 Å². The van der Waals surface area contributed by atoms with Gasteiger partial charge in [0, 0.05) is 24.0 Å². The number of rotatable bonds is 5. The molecule has 1 aliphatic heterocycles. The predicted molar refractivity (Wildman–Crippen MR) is 93.5 cm³/mol. The van der Waals surface area contributed by atoms with Crippen LogP contribution in [0.15, 0.2) is 52.0 Å². The molecule has 1 amide bonds. The summed E-state index contributed by atoms with van der Waals surface area (Å²) in [4.78, 5) is 12.4. The predicted octanol–water partition coefficient (Wildman–Crippen LogP) is 2.65. The van der Waals surface area contributed by atoms with Gasteiger partial charge in [-0.1, -0.05) is 17.7 Å². The molecule has 1 aromatic heterocycles. The molecule has 0 aliphatic carbocycles. The van der Waals surface area contributed by atoms with E-state index in [2.05, 4.69) is 5.32 Å². The standard InChI is InChI=1S/C17H19ClN2O4S/c18-14-3-1-5-16(11-14)25(22,23)20-8-6-13(7-9-20)17(21)19-12-15-4-2-10-24-15/h1-5,10-11,13H,6-9,12H2,(H,19,21). The molecule has 0 radical (unpaired) electrons. The maximum Gasteiger partial charge on any atom is 0.243 e. The molecule has 3 rings (SSSR count). The second-order valence-electron chi connectivity index (χ2n) is 5.93. The van der Waals surface area contributed by atoms with E-state index in [1.54, 1.807) is 30.5 Å². The molecule has 2 heterocycles. The van der Waals surface area contributed by atoms with Crippen LogP contribution in [0.1, 0.15) is 18.6 Å². The van der Waals surface area contributed by atoms with E-state index in [9.17, 15) is 13.2 Å². The van der Waals surface area contributed by atoms with Gasteiger partial charge >= 0.3 is 0 Å². The van der Waals surface area contributed by atoms with Crippen LogP contribution in [0.25, 0.3) is 0 Å². The van der Waals surface area contributed by atoms with Gasteiger partial charge in [-0.05, 0) is 43.2 Å². The van der Waals surface area contributed by atoms with E-state index >= 15 is 0 Å². The maximum absolute atomic E-state index is 12.7. The molecule has 1 saturated heterocycles. The molecular formula is C17H19ClN2O4S. The number of carbonyl (C=O) groups excluding carboxylic acids is 1. The van der Waals surface area contributed by atoms with Crippen molar-refractivity contribution in [3.05, 3.63) is 53.4 Å². The Morgan fingerprint density at radius 3 is 2.64 bits per heavy atom. The summed E-state index contributed by atoms with van der Waals surface area (Å²) >= 11 is 5.89. The third kappa shape index (κ3) is 4.23. The summed E-state index contributed by atoms with van der Waals surface area (Å²) < 4.78 is 31.9. The van der Waals surface area contributed by atoms with Crippen molar-refractivity contribution in [1.29, 1.82) is 0 Å². The lowest BCUT2D eigenvalue weighted by atomic mass is 9.97. The number of halogens is 1. The van der Waals surface area contributed by atoms with Crippen molar-refractivity contribution in [2.75, 3.05) is 13.1 Å². The van der Waals surface area contributed by atoms with Crippen LogP contribution in [-0.2, 0) is 21.4 Å². The molecule has 1 fully saturated rings. The van der Waals surface area contributed by atoms with Gasteiger partial charge in [0.25, 0.3) is 0 Å². The van der Waals surface area contributed by atoms with Crippen molar-refractivity contribution in [3.63, 3.8) is 0 Å². The van der Waals surface area contributed by atoms with Crippen molar-refractivity contribution in [3.8, 4) is 0 Å². The Kier molecular flexibility index (Phi) is 5.46. The highest BCUT2D eigenvalue weighted by atomic mass is 35.5. The van der Waals surface area contributed by atoms with E-state index in [1.807, 2.05) is 0 Å². The molecule has 6 nitrogen and oxygen atoms in total. The molecule has 1 aliphatic rings. The Hall–Kier alpha value is -1.83. The number of nitrogens with one attached hydrogen (secondary N) is 1. The largest absolute Gasteiger partial charge is 0.467 e. The first-order chi connectivity index (χ1) is 12.0. The third-order valence-electron chi connectivity index (χ3n) is 4.28. The minimum atomic E-state index is -3.58. The lowest BCUT2D eigenvalue weighted by Gasteiger charge is -2.30. The van der Waals surface area contributed by atoms with Gasteiger partial charge in [-0.15, -0.1) is 0 Å². The summed E-state index contributed by atoms with van der Waals surface area (Å²) in [6, 6.07) is 9.78. The normalized spacial score (nSPS) is 16.7. The second-order valence-corrected chi connectivity index (χ2v) is 8.31. The molecule has 1 N–H and O–H groups in total. The van der Waals surface area contributed by atoms with Crippen LogP contribution < -0.4 is 5.32 Å². The molecule has 0 saturated carbocycles. The Balaban J connectivity index is 1.57. The quantitative estimate of drug-likeness (QED) is 0.862. The molecule has 0 bridgehead atoms. The molecular weight excluding hydrogens is 364 g/mol. The van der Waals surface area contributed by atoms with Gasteiger partial charge in [0.15, 0.2) is 0 Å². The molecule has 8 heteroatoms. The van der Waals surface area contributed by atoms with Crippen molar-refractivity contribution in [2.24, 2.45) is 5.92 Å². The van der Waals surface area contributed by atoms with Crippen LogP contribution in [0, 0.1) is 5.92 Å². The highest BCUT2D eigenvalue weighted by Crippen LogP contribution is 2.25. The minimum absolute atomic E-state index is 0.0730. The fourth-order valence-corrected chi connectivity index (χ4v) is 4.64. The van der Waals surface area contributed by atoms with Crippen molar-refractivity contribution >= 4 is 27.5 Å². The summed E-state index contributed by atoms with van der Waals surface area (Å²) in [6.45, 7) is 0.966. The SMILES string of the molecule is O=C(NCc1ccco1)C1CCN(S(=O)(=O)c2cccc(Cl)c2)CC1. The van der Waals surface area contributed by atoms with Gasteiger partial charge < -0.3 is 9.73 Å². The molecule has 134 valence electrons. The molecule has 2 aromatic rings. The number of piperidine rings is 1. The highest BCUT2D eigenvalue weighted by Gasteiger charge is 2.32. The number of hydrogen-bond donors (Lipinski definition) is 1. The van der Waals surface area contributed by atoms with Gasteiger partial charge in [0.05, 0.1) is 17.7 Å². The van der Waals surface area contributed by atoms with Crippen LogP contribution >= 0.6 is 11.6 Å². The zero-order valence-corrected chi connectivity index (χ0v) is 15.1. The lowest BCUT2D eigenvalue weighted by Crippen LogP contribution is -2.42. The van der Waals surface area contributed by atoms with Crippen LogP contribution in [0.2, 0.25) is 5.02 Å². The number of furan rings is 1. The zero-order chi connectivity index (χ0) is 17.9. The minimum Gasteiger partial charge on any atom is -0.467 e. The van der Waals surface area contributed by atoms with Gasteiger partial charge in [-0.3, -0.25) is 4.79 Å². The van der Waals surface area contributed by atoms with Gasteiger partial charge in [-0.25, -0.2) is 8.42 Å². The summed E-state index contributed by atoms with van der Waals surface area (Å²) in [7, 11) is -3.58. The Labute approximate surface area is 151 Å². The number of amides is 1. The van der Waals surface area contributed by atoms with Crippen LogP contribution in [0.5, 0.6) is 0 Å². The average molecular weight is 383 g/mol. The van der Waals surface area contributed by atoms with E-state index in [-0.39, 0.29) is 16.7 Å². The third-order valence-corrected chi connectivity index (χ3v) is 6.41. The molecule has 25 heavy (non-hydrogen) atoms. The van der Waals surface area contributed by atoms with Crippen LogP contribution in [0.4, 0.5) is 0 Å². The highest BCUT2D eigenvalue weighted by molar-refractivity contribution is 7.89. The smallest absolute Gasteiger partial charge is 0.243 e. The fourth-order valence-electron chi connectivity index (χ4n) is 2.87. The van der Waals surface area contributed by atoms with E-state index in [0.717, 1.165) is 0 Å². The summed E-state index contributed by atoms with van der Waals surface area (Å²) in [6.07, 6.45) is 2.54. The number of sulfonamides is 1. The first kappa shape index (κ1) is 18.0. The lowest BCUT2D eigenvalue weighted by molar-refractivity contribution is -0.126. The maximum atomic E-state index is 12.7. The second kappa shape index (κ2) is 7.59. The Bertz CT molecular complexity index is 828. The average Bonchev–Trinajstić information content (AvgIpc) is 3.13. The Morgan fingerprint density at radius 2 is 2.00 bits per heavy atom. The van der Waals surface area contributed by atoms with E-state index < -0.39 is 10.0 Å². The van der Waals surface area contributed by atoms with Crippen molar-refractivity contribution in [1.82, 2.24) is 9.62 Å². The molecule has 0 spiro atoms. The van der Waals surface area contributed by atoms with Crippen molar-refractivity contribution < 1.29 is 17.6 Å². The monoisotopic (exact) mass is 382 g/mol. The van der Waals surface area contributed by atoms with Crippen molar-refractivity contribution in [2.45, 2.75) is 24.3 Å². The number of hydrogen-bond acceptors (Lipinski definition) is 4. The molecule has 0 unspecified atom stereocenters. The fraction of sp³-hybridized carbons (Fsp3) is 0.353. The number of nitrogens with zero attached hydrogens (tertiary/aromatic N) is 1. The zero-order valence-electron chi connectivity index (χ0n) is 13.5. The summed E-state index contributed by atoms with van der Waals surface area (Å²) in [5, 5.41) is 3.21. The van der Waals surface area contributed by atoms with E-state index in [0.29, 0.717) is 43.3 Å². The van der Waals surface area contributed by atoms with Gasteiger partial charge in [0.2, 0.25) is 15.9 Å². The first-order valence-corrected chi connectivity index (χ1v) is 9.84. The van der Waals surface area contributed by atoms with E-state index in [4.69, 9.17) is 16.0 Å². The summed E-state index contributed by atoms with van der Waals surface area (Å²) in [5.74, 6) is 0.422. The van der Waals surface area contributed by atoms with Gasteiger partial charge in [-0.2, -0.15) is 4.31 Å². The van der Waals surface area contributed by atoms with Crippen LogP contribution in [-0.4, -0.2) is 31.7 Å². The first-order valence-electron chi connectivity index (χ1n) is 8.02. The summed E-state index contributed by atoms with van der Waals surface area (Å²) in [5.41, 5.74) is 0. The molecule has 0 atom stereocenters. The molecule has 1 aromatic carbocycles. The Morgan fingerprint density at radius 1 is 1.24 bits per heavy atom. The number of benzene rings is 1. The van der Waals surface area contributed by atoms with Crippen LogP contribution in [0.3, 0.4) is 0 Å². The number of carbonyl (C=O) groups is 1. The van der Waals surface area contributed by atoms with Gasteiger partial charge in [0.1, 0.15) is 5.76 Å². The van der Waals surface area contributed by atoms with E-state index in [1.165, 1.54) is 16.4 Å².